The highest BCUT2D eigenvalue weighted by Gasteiger charge is 2.72. The molecular formula is C24H25F2N7O. The number of carbonyl (C=O) groups is 1. The van der Waals surface area contributed by atoms with Crippen molar-refractivity contribution in [3.8, 4) is 11.1 Å². The SMILES string of the molecule is Cc1nc2ccc(-c3c[nH]c4nc(N[C@H]5C[C@]6(C(=O)N(C)C)CC56)ncc34)cc2n1CC(F)F. The predicted octanol–water partition coefficient (Wildman–Crippen LogP) is 3.83. The Hall–Kier alpha value is -3.56. The monoisotopic (exact) mass is 465 g/mol. The summed E-state index contributed by atoms with van der Waals surface area (Å²) >= 11 is 0. The van der Waals surface area contributed by atoms with Crippen LogP contribution in [0.3, 0.4) is 0 Å². The molecule has 4 aromatic rings. The average molecular weight is 466 g/mol. The molecule has 10 heteroatoms. The quantitative estimate of drug-likeness (QED) is 0.452. The van der Waals surface area contributed by atoms with Gasteiger partial charge in [-0.25, -0.2) is 18.7 Å². The zero-order valence-electron chi connectivity index (χ0n) is 19.1. The molecule has 2 saturated carbocycles. The van der Waals surface area contributed by atoms with E-state index in [9.17, 15) is 13.6 Å². The van der Waals surface area contributed by atoms with Crippen LogP contribution in [0.25, 0.3) is 33.2 Å². The van der Waals surface area contributed by atoms with Gasteiger partial charge in [0.15, 0.2) is 0 Å². The first-order valence-corrected chi connectivity index (χ1v) is 11.3. The summed E-state index contributed by atoms with van der Waals surface area (Å²) in [6, 6.07) is 5.87. The number of hydrogen-bond donors (Lipinski definition) is 2. The maximum atomic E-state index is 13.1. The van der Waals surface area contributed by atoms with Gasteiger partial charge < -0.3 is 19.8 Å². The smallest absolute Gasteiger partial charge is 0.256 e. The van der Waals surface area contributed by atoms with E-state index in [2.05, 4.69) is 25.3 Å². The number of halogens is 2. The minimum atomic E-state index is -2.45. The normalized spacial score (nSPS) is 23.2. The number of carbonyl (C=O) groups excluding carboxylic acids is 1. The van der Waals surface area contributed by atoms with Crippen LogP contribution in [0.2, 0.25) is 0 Å². The van der Waals surface area contributed by atoms with E-state index in [-0.39, 0.29) is 23.9 Å². The summed E-state index contributed by atoms with van der Waals surface area (Å²) in [6.07, 6.45) is 2.89. The van der Waals surface area contributed by atoms with E-state index in [4.69, 9.17) is 0 Å². The Labute approximate surface area is 194 Å². The molecule has 2 N–H and O–H groups in total. The van der Waals surface area contributed by atoms with Gasteiger partial charge in [0.1, 0.15) is 11.5 Å². The Bertz CT molecular complexity index is 1440. The van der Waals surface area contributed by atoms with Crippen LogP contribution in [0.15, 0.2) is 30.6 Å². The second-order valence-electron chi connectivity index (χ2n) is 9.64. The molecule has 3 heterocycles. The van der Waals surface area contributed by atoms with Crippen molar-refractivity contribution in [2.75, 3.05) is 19.4 Å². The van der Waals surface area contributed by atoms with Crippen LogP contribution in [0, 0.1) is 18.3 Å². The highest BCUT2D eigenvalue weighted by Crippen LogP contribution is 2.68. The fraction of sp³-hybridized carbons (Fsp3) is 0.417. The highest BCUT2D eigenvalue weighted by atomic mass is 19.3. The molecule has 1 amide bonds. The van der Waals surface area contributed by atoms with Crippen LogP contribution in [0.4, 0.5) is 14.7 Å². The number of hydrogen-bond acceptors (Lipinski definition) is 5. The van der Waals surface area contributed by atoms with Crippen LogP contribution in [-0.4, -0.2) is 61.9 Å². The van der Waals surface area contributed by atoms with Gasteiger partial charge in [-0.15, -0.1) is 0 Å². The van der Waals surface area contributed by atoms with Crippen molar-refractivity contribution in [1.29, 1.82) is 0 Å². The number of alkyl halides is 2. The second-order valence-corrected chi connectivity index (χ2v) is 9.64. The van der Waals surface area contributed by atoms with E-state index in [1.807, 2.05) is 24.4 Å². The Balaban J connectivity index is 1.25. The summed E-state index contributed by atoms with van der Waals surface area (Å²) in [4.78, 5) is 30.8. The van der Waals surface area contributed by atoms with E-state index < -0.39 is 6.43 Å². The van der Waals surface area contributed by atoms with Gasteiger partial charge in [0.2, 0.25) is 11.9 Å². The van der Waals surface area contributed by atoms with Crippen molar-refractivity contribution in [3.63, 3.8) is 0 Å². The average Bonchev–Trinajstić information content (AvgIpc) is 3.05. The summed E-state index contributed by atoms with van der Waals surface area (Å²) in [5.74, 6) is 1.65. The van der Waals surface area contributed by atoms with Gasteiger partial charge in [-0.3, -0.25) is 4.79 Å². The molecule has 8 nitrogen and oxygen atoms in total. The molecule has 0 bridgehead atoms. The van der Waals surface area contributed by atoms with E-state index in [1.165, 1.54) is 0 Å². The summed E-state index contributed by atoms with van der Waals surface area (Å²) < 4.78 is 27.7. The van der Waals surface area contributed by atoms with Gasteiger partial charge in [-0.2, -0.15) is 4.98 Å². The van der Waals surface area contributed by atoms with E-state index in [0.717, 1.165) is 29.4 Å². The van der Waals surface area contributed by atoms with Crippen molar-refractivity contribution in [3.05, 3.63) is 36.4 Å². The summed E-state index contributed by atoms with van der Waals surface area (Å²) in [5.41, 5.74) is 3.65. The van der Waals surface area contributed by atoms with E-state index in [0.29, 0.717) is 34.4 Å². The molecule has 1 aromatic carbocycles. The molecular weight excluding hydrogens is 440 g/mol. The number of rotatable bonds is 6. The summed E-state index contributed by atoms with van der Waals surface area (Å²) in [5, 5.41) is 4.23. The summed E-state index contributed by atoms with van der Waals surface area (Å²) in [6.45, 7) is 1.35. The Kier molecular flexibility index (Phi) is 4.46. The van der Waals surface area contributed by atoms with Gasteiger partial charge in [0.05, 0.1) is 23.0 Å². The molecule has 176 valence electrons. The maximum Gasteiger partial charge on any atom is 0.256 e. The first-order valence-electron chi connectivity index (χ1n) is 11.3. The molecule has 0 spiro atoms. The minimum Gasteiger partial charge on any atom is -0.351 e. The maximum absolute atomic E-state index is 13.1. The minimum absolute atomic E-state index is 0.182. The standard InChI is InChI=1S/C24H25F2N7O/c1-12-29-17-5-4-13(6-19(17)33(12)11-20(25)26)14-9-27-21-15(14)10-28-23(31-21)30-18-8-24(7-16(18)24)22(34)32(2)3/h4-6,9-10,16,18,20H,7-8,11H2,1-3H3,(H2,27,28,30,31)/t16?,18-,24+/m0/s1. The van der Waals surface area contributed by atoms with Gasteiger partial charge in [0, 0.05) is 43.5 Å². The lowest BCUT2D eigenvalue weighted by molar-refractivity contribution is -0.137. The number of amides is 1. The molecule has 3 atom stereocenters. The van der Waals surface area contributed by atoms with Crippen LogP contribution in [-0.2, 0) is 11.3 Å². The fourth-order valence-electron chi connectivity index (χ4n) is 5.56. The molecule has 0 aliphatic heterocycles. The lowest BCUT2D eigenvalue weighted by Gasteiger charge is -2.35. The lowest BCUT2D eigenvalue weighted by Crippen LogP contribution is -2.46. The molecule has 0 saturated heterocycles. The number of aromatic nitrogens is 5. The number of aromatic amines is 1. The van der Waals surface area contributed by atoms with Crippen LogP contribution >= 0.6 is 0 Å². The van der Waals surface area contributed by atoms with Crippen LogP contribution in [0.1, 0.15) is 18.7 Å². The Morgan fingerprint density at radius 2 is 2.15 bits per heavy atom. The number of H-pyrrole nitrogens is 1. The number of fused-ring (bicyclic) bond motifs is 3. The highest BCUT2D eigenvalue weighted by molar-refractivity contribution is 5.96. The number of benzene rings is 1. The van der Waals surface area contributed by atoms with Crippen LogP contribution < -0.4 is 5.32 Å². The zero-order chi connectivity index (χ0) is 23.8. The molecule has 6 rings (SSSR count). The topological polar surface area (TPSA) is 91.7 Å². The largest absolute Gasteiger partial charge is 0.351 e. The molecule has 0 radical (unpaired) electrons. The van der Waals surface area contributed by atoms with E-state index in [1.54, 1.807) is 36.7 Å². The van der Waals surface area contributed by atoms with Crippen molar-refractivity contribution in [2.24, 2.45) is 11.3 Å². The molecule has 2 aliphatic rings. The number of nitrogens with one attached hydrogen (secondary N) is 2. The molecule has 3 aromatic heterocycles. The molecule has 1 unspecified atom stereocenters. The Morgan fingerprint density at radius 1 is 1.32 bits per heavy atom. The third-order valence-electron chi connectivity index (χ3n) is 7.35. The van der Waals surface area contributed by atoms with Crippen molar-refractivity contribution in [2.45, 2.75) is 38.8 Å². The summed E-state index contributed by atoms with van der Waals surface area (Å²) in [7, 11) is 3.61. The number of aryl methyl sites for hydroxylation is 1. The number of nitrogens with zero attached hydrogens (tertiary/aromatic N) is 5. The molecule has 2 fully saturated rings. The van der Waals surface area contributed by atoms with Crippen molar-refractivity contribution < 1.29 is 13.6 Å². The molecule has 34 heavy (non-hydrogen) atoms. The van der Waals surface area contributed by atoms with Crippen molar-refractivity contribution >= 4 is 33.9 Å². The molecule has 2 aliphatic carbocycles. The first-order chi connectivity index (χ1) is 16.3. The van der Waals surface area contributed by atoms with Crippen molar-refractivity contribution in [1.82, 2.24) is 29.4 Å². The number of imidazole rings is 1. The van der Waals surface area contributed by atoms with Gasteiger partial charge in [0.25, 0.3) is 6.43 Å². The second kappa shape index (κ2) is 7.22. The van der Waals surface area contributed by atoms with Crippen LogP contribution in [0.5, 0.6) is 0 Å². The third kappa shape index (κ3) is 3.08. The lowest BCUT2D eigenvalue weighted by atomic mass is 9.79. The Morgan fingerprint density at radius 3 is 2.88 bits per heavy atom. The third-order valence-corrected chi connectivity index (χ3v) is 7.35. The van der Waals surface area contributed by atoms with Gasteiger partial charge in [-0.05, 0) is 43.4 Å². The first kappa shape index (κ1) is 21.0. The number of anilines is 1. The zero-order valence-corrected chi connectivity index (χ0v) is 19.1. The van der Waals surface area contributed by atoms with Gasteiger partial charge in [-0.1, -0.05) is 6.07 Å². The fourth-order valence-corrected chi connectivity index (χ4v) is 5.56. The predicted molar refractivity (Wildman–Crippen MR) is 125 cm³/mol. The van der Waals surface area contributed by atoms with E-state index >= 15 is 0 Å². The van der Waals surface area contributed by atoms with Gasteiger partial charge >= 0.3 is 0 Å².